The molecule has 0 nitrogen and oxygen atoms in total. The Morgan fingerprint density at radius 1 is 0.778 bits per heavy atom. The van der Waals surface area contributed by atoms with Gasteiger partial charge in [-0.3, -0.25) is 0 Å². The second kappa shape index (κ2) is 6.59. The van der Waals surface area contributed by atoms with Crippen molar-refractivity contribution in [2.24, 2.45) is 0 Å². The molecule has 0 N–H and O–H groups in total. The van der Waals surface area contributed by atoms with E-state index >= 15 is 0 Å². The third-order valence-electron chi connectivity index (χ3n) is 3.06. The molecule has 3 heteroatoms. The van der Waals surface area contributed by atoms with E-state index in [9.17, 15) is 0 Å². The van der Waals surface area contributed by atoms with Gasteiger partial charge in [0.2, 0.25) is 0 Å². The maximum atomic E-state index is 2.30. The summed E-state index contributed by atoms with van der Waals surface area (Å²) < 4.78 is 1.44. The minimum absolute atomic E-state index is 0. The molecule has 0 spiro atoms. The SMILES string of the molecule is [Cl-].[Cl-].[Ti+2][C]1=Cc2ccccc2C1c1ccccc1. The number of fused-ring (bicyclic) bond motifs is 1. The molecule has 3 rings (SSSR count). The van der Waals surface area contributed by atoms with Gasteiger partial charge in [0, 0.05) is 0 Å². The van der Waals surface area contributed by atoms with Gasteiger partial charge in [0.1, 0.15) is 0 Å². The summed E-state index contributed by atoms with van der Waals surface area (Å²) in [4.78, 5) is 0. The third kappa shape index (κ3) is 2.73. The number of allylic oxidation sites excluding steroid dienone is 1. The number of halogens is 2. The van der Waals surface area contributed by atoms with E-state index in [4.69, 9.17) is 0 Å². The zero-order valence-electron chi connectivity index (χ0n) is 9.61. The first kappa shape index (κ1) is 15.5. The van der Waals surface area contributed by atoms with Gasteiger partial charge in [0.25, 0.3) is 0 Å². The van der Waals surface area contributed by atoms with Gasteiger partial charge in [-0.15, -0.1) is 0 Å². The first-order valence-electron chi connectivity index (χ1n) is 5.43. The van der Waals surface area contributed by atoms with Gasteiger partial charge in [-0.25, -0.2) is 0 Å². The summed E-state index contributed by atoms with van der Waals surface area (Å²) in [5.74, 6) is 0.456. The number of hydrogen-bond acceptors (Lipinski definition) is 0. The molecule has 1 aliphatic carbocycles. The summed E-state index contributed by atoms with van der Waals surface area (Å²) in [6.45, 7) is 0. The Labute approximate surface area is 132 Å². The van der Waals surface area contributed by atoms with Gasteiger partial charge in [-0.1, -0.05) is 0 Å². The van der Waals surface area contributed by atoms with Crippen molar-refractivity contribution in [2.45, 2.75) is 5.92 Å². The van der Waals surface area contributed by atoms with Crippen LogP contribution in [0.5, 0.6) is 0 Å². The van der Waals surface area contributed by atoms with Crippen LogP contribution >= 0.6 is 0 Å². The fourth-order valence-corrected chi connectivity index (χ4v) is 3.07. The van der Waals surface area contributed by atoms with E-state index in [0.29, 0.717) is 5.92 Å². The summed E-state index contributed by atoms with van der Waals surface area (Å²) in [7, 11) is 0. The minimum atomic E-state index is 0. The van der Waals surface area contributed by atoms with E-state index in [0.717, 1.165) is 0 Å². The normalized spacial score (nSPS) is 16.1. The fraction of sp³-hybridized carbons (Fsp3) is 0.0667. The molecule has 18 heavy (non-hydrogen) atoms. The van der Waals surface area contributed by atoms with Crippen LogP contribution < -0.4 is 24.8 Å². The molecule has 0 saturated heterocycles. The Morgan fingerprint density at radius 3 is 2.11 bits per heavy atom. The van der Waals surface area contributed by atoms with Crippen LogP contribution in [0.1, 0.15) is 22.6 Å². The topological polar surface area (TPSA) is 0 Å². The number of benzene rings is 2. The van der Waals surface area contributed by atoms with Crippen LogP contribution in [0, 0.1) is 0 Å². The quantitative estimate of drug-likeness (QED) is 0.521. The predicted molar refractivity (Wildman–Crippen MR) is 62.7 cm³/mol. The summed E-state index contributed by atoms with van der Waals surface area (Å²) in [6, 6.07) is 19.4. The van der Waals surface area contributed by atoms with Crippen molar-refractivity contribution >= 4 is 6.08 Å². The van der Waals surface area contributed by atoms with E-state index in [1.165, 1.54) is 20.6 Å². The van der Waals surface area contributed by atoms with Crippen molar-refractivity contribution in [3.8, 4) is 0 Å². The molecule has 2 aromatic carbocycles. The number of rotatable bonds is 1. The van der Waals surface area contributed by atoms with E-state index < -0.39 is 0 Å². The monoisotopic (exact) mass is 309 g/mol. The molecule has 0 saturated carbocycles. The van der Waals surface area contributed by atoms with Crippen molar-refractivity contribution in [3.63, 3.8) is 0 Å². The average molecular weight is 310 g/mol. The van der Waals surface area contributed by atoms with E-state index in [2.05, 4.69) is 81.1 Å². The molecule has 0 heterocycles. The average Bonchev–Trinajstić information content (AvgIpc) is 2.66. The Kier molecular flexibility index (Phi) is 5.68. The second-order valence-electron chi connectivity index (χ2n) is 4.07. The first-order chi connectivity index (χ1) is 7.86. The van der Waals surface area contributed by atoms with Gasteiger partial charge in [-0.2, -0.15) is 0 Å². The Hall–Kier alpha value is -0.526. The van der Waals surface area contributed by atoms with Crippen LogP contribution in [0.2, 0.25) is 0 Å². The molecule has 1 aliphatic rings. The Morgan fingerprint density at radius 2 is 1.39 bits per heavy atom. The number of hydrogen-bond donors (Lipinski definition) is 0. The molecule has 0 amide bonds. The van der Waals surface area contributed by atoms with Gasteiger partial charge >= 0.3 is 108 Å². The predicted octanol–water partition coefficient (Wildman–Crippen LogP) is -2.27. The molecule has 0 radical (unpaired) electrons. The van der Waals surface area contributed by atoms with Crippen LogP contribution in [0.4, 0.5) is 0 Å². The van der Waals surface area contributed by atoms with Crippen LogP contribution in [-0.2, 0) is 20.4 Å². The molecular formula is C15H11Cl2Ti. The Balaban J connectivity index is 0.000000810. The standard InChI is InChI=1S/C15H11.2ClH.Ti/c1-2-6-12(7-3-1)15-11-10-13-8-4-5-9-14(13)15;;;/h1-10,15H;2*1H;/q;;;+2/p-2. The summed E-state index contributed by atoms with van der Waals surface area (Å²) >= 11 is 2.22. The van der Waals surface area contributed by atoms with Crippen LogP contribution in [0.25, 0.3) is 6.08 Å². The van der Waals surface area contributed by atoms with Crippen molar-refractivity contribution < 1.29 is 45.2 Å². The van der Waals surface area contributed by atoms with Gasteiger partial charge < -0.3 is 24.8 Å². The third-order valence-corrected chi connectivity index (χ3v) is 3.74. The van der Waals surface area contributed by atoms with Crippen LogP contribution in [0.15, 0.2) is 58.5 Å². The molecule has 1 unspecified atom stereocenters. The molecule has 1 atom stereocenters. The van der Waals surface area contributed by atoms with Crippen molar-refractivity contribution in [3.05, 3.63) is 75.2 Å². The Bertz CT molecular complexity index is 549. The van der Waals surface area contributed by atoms with Crippen LogP contribution in [0.3, 0.4) is 0 Å². The van der Waals surface area contributed by atoms with E-state index in [1.807, 2.05) is 0 Å². The molecule has 89 valence electrons. The second-order valence-corrected chi connectivity index (χ2v) is 4.97. The summed E-state index contributed by atoms with van der Waals surface area (Å²) in [5.41, 5.74) is 4.20. The first-order valence-corrected chi connectivity index (χ1v) is 6.21. The van der Waals surface area contributed by atoms with Crippen molar-refractivity contribution in [1.82, 2.24) is 0 Å². The summed E-state index contributed by atoms with van der Waals surface area (Å²) in [5, 5.41) is 0. The molecule has 0 fully saturated rings. The van der Waals surface area contributed by atoms with Crippen LogP contribution in [-0.4, -0.2) is 0 Å². The van der Waals surface area contributed by atoms with Gasteiger partial charge in [0.05, 0.1) is 0 Å². The molecule has 0 aliphatic heterocycles. The molecule has 0 aromatic heterocycles. The molecular weight excluding hydrogens is 299 g/mol. The van der Waals surface area contributed by atoms with E-state index in [-0.39, 0.29) is 24.8 Å². The van der Waals surface area contributed by atoms with Gasteiger partial charge in [-0.05, 0) is 0 Å². The fourth-order valence-electron chi connectivity index (χ4n) is 2.33. The van der Waals surface area contributed by atoms with Gasteiger partial charge in [0.15, 0.2) is 0 Å². The van der Waals surface area contributed by atoms with E-state index in [1.54, 1.807) is 0 Å². The van der Waals surface area contributed by atoms with Crippen molar-refractivity contribution in [2.75, 3.05) is 0 Å². The van der Waals surface area contributed by atoms with Crippen molar-refractivity contribution in [1.29, 1.82) is 0 Å². The summed E-state index contributed by atoms with van der Waals surface area (Å²) in [6.07, 6.45) is 2.30. The zero-order chi connectivity index (χ0) is 11.0. The molecule has 2 aromatic rings. The zero-order valence-corrected chi connectivity index (χ0v) is 12.7. The molecule has 0 bridgehead atoms. The maximum absolute atomic E-state index is 2.30.